The summed E-state index contributed by atoms with van der Waals surface area (Å²) in [6.45, 7) is 4.15. The molecule has 0 aromatic heterocycles. The van der Waals surface area contributed by atoms with Gasteiger partial charge in [-0.15, -0.1) is 0 Å². The van der Waals surface area contributed by atoms with Crippen LogP contribution in [0.25, 0.3) is 0 Å². The van der Waals surface area contributed by atoms with Crippen LogP contribution in [-0.4, -0.2) is 12.2 Å². The Morgan fingerprint density at radius 3 is 2.63 bits per heavy atom. The van der Waals surface area contributed by atoms with E-state index in [4.69, 9.17) is 4.74 Å². The van der Waals surface area contributed by atoms with Crippen LogP contribution in [0.1, 0.15) is 28.4 Å². The lowest BCUT2D eigenvalue weighted by atomic mass is 9.96. The number of aliphatic hydroxyl groups is 1. The molecule has 0 heterocycles. The summed E-state index contributed by atoms with van der Waals surface area (Å²) in [6, 6.07) is 13.9. The first kappa shape index (κ1) is 13.6. The highest BCUT2D eigenvalue weighted by Crippen LogP contribution is 2.24. The van der Waals surface area contributed by atoms with E-state index in [0.29, 0.717) is 6.42 Å². The van der Waals surface area contributed by atoms with Gasteiger partial charge in [0.15, 0.2) is 0 Å². The van der Waals surface area contributed by atoms with Gasteiger partial charge >= 0.3 is 0 Å². The van der Waals surface area contributed by atoms with Crippen LogP contribution in [0, 0.1) is 13.8 Å². The minimum Gasteiger partial charge on any atom is -0.497 e. The second-order valence-electron chi connectivity index (χ2n) is 4.93. The zero-order valence-electron chi connectivity index (χ0n) is 11.7. The number of hydrogen-bond acceptors (Lipinski definition) is 2. The van der Waals surface area contributed by atoms with Gasteiger partial charge in [-0.05, 0) is 42.7 Å². The van der Waals surface area contributed by atoms with E-state index in [2.05, 4.69) is 32.0 Å². The summed E-state index contributed by atoms with van der Waals surface area (Å²) in [5.74, 6) is 0.775. The number of rotatable bonds is 4. The van der Waals surface area contributed by atoms with E-state index in [1.807, 2.05) is 24.3 Å². The molecule has 0 amide bonds. The van der Waals surface area contributed by atoms with Crippen LogP contribution in [0.15, 0.2) is 42.5 Å². The number of benzene rings is 2. The van der Waals surface area contributed by atoms with Gasteiger partial charge in [0.1, 0.15) is 5.75 Å². The molecule has 0 aliphatic rings. The zero-order valence-corrected chi connectivity index (χ0v) is 11.7. The predicted molar refractivity (Wildman–Crippen MR) is 77.6 cm³/mol. The van der Waals surface area contributed by atoms with Crippen LogP contribution in [0.2, 0.25) is 0 Å². The smallest absolute Gasteiger partial charge is 0.119 e. The first-order valence-corrected chi connectivity index (χ1v) is 6.48. The Kier molecular flexibility index (Phi) is 4.23. The lowest BCUT2D eigenvalue weighted by Gasteiger charge is -2.14. The van der Waals surface area contributed by atoms with Crippen LogP contribution >= 0.6 is 0 Å². The Morgan fingerprint density at radius 2 is 1.89 bits per heavy atom. The zero-order chi connectivity index (χ0) is 13.8. The van der Waals surface area contributed by atoms with Gasteiger partial charge in [-0.1, -0.05) is 35.9 Å². The Balaban J connectivity index is 2.20. The molecule has 0 saturated carbocycles. The fraction of sp³-hybridized carbons (Fsp3) is 0.294. The van der Waals surface area contributed by atoms with Crippen molar-refractivity contribution >= 4 is 0 Å². The van der Waals surface area contributed by atoms with Crippen molar-refractivity contribution in [2.45, 2.75) is 26.4 Å². The second kappa shape index (κ2) is 5.89. The van der Waals surface area contributed by atoms with Crippen LogP contribution in [0.4, 0.5) is 0 Å². The highest BCUT2D eigenvalue weighted by atomic mass is 16.5. The van der Waals surface area contributed by atoms with Gasteiger partial charge in [-0.3, -0.25) is 0 Å². The third kappa shape index (κ3) is 3.36. The van der Waals surface area contributed by atoms with E-state index >= 15 is 0 Å². The molecule has 0 radical (unpaired) electrons. The fourth-order valence-corrected chi connectivity index (χ4v) is 2.20. The summed E-state index contributed by atoms with van der Waals surface area (Å²) in [4.78, 5) is 0. The molecule has 0 spiro atoms. The van der Waals surface area contributed by atoms with E-state index < -0.39 is 6.10 Å². The molecule has 0 bridgehead atoms. The summed E-state index contributed by atoms with van der Waals surface area (Å²) < 4.78 is 5.19. The average Bonchev–Trinajstić information content (AvgIpc) is 2.43. The summed E-state index contributed by atoms with van der Waals surface area (Å²) in [6.07, 6.45) is 0.122. The molecule has 0 aliphatic carbocycles. The first-order chi connectivity index (χ1) is 9.10. The normalized spacial score (nSPS) is 12.2. The molecule has 0 saturated heterocycles. The van der Waals surface area contributed by atoms with Gasteiger partial charge < -0.3 is 9.84 Å². The third-order valence-electron chi connectivity index (χ3n) is 3.40. The lowest BCUT2D eigenvalue weighted by molar-refractivity contribution is 0.178. The Morgan fingerprint density at radius 1 is 1.11 bits per heavy atom. The molecular weight excluding hydrogens is 236 g/mol. The van der Waals surface area contributed by atoms with Crippen molar-refractivity contribution in [2.75, 3.05) is 7.11 Å². The standard InChI is InChI=1S/C17H20O2/c1-12-7-8-13(2)15(9-12)11-17(18)14-5-4-6-16(10-14)19-3/h4-10,17-18H,11H2,1-3H3. The lowest BCUT2D eigenvalue weighted by Crippen LogP contribution is -2.03. The average molecular weight is 256 g/mol. The van der Waals surface area contributed by atoms with E-state index in [1.165, 1.54) is 16.7 Å². The SMILES string of the molecule is COc1cccc(C(O)Cc2cc(C)ccc2C)c1. The molecule has 19 heavy (non-hydrogen) atoms. The van der Waals surface area contributed by atoms with E-state index in [-0.39, 0.29) is 0 Å². The van der Waals surface area contributed by atoms with Crippen molar-refractivity contribution in [2.24, 2.45) is 0 Å². The van der Waals surface area contributed by atoms with Crippen molar-refractivity contribution < 1.29 is 9.84 Å². The number of hydrogen-bond donors (Lipinski definition) is 1. The van der Waals surface area contributed by atoms with Gasteiger partial charge in [0.2, 0.25) is 0 Å². The van der Waals surface area contributed by atoms with Crippen LogP contribution < -0.4 is 4.74 Å². The molecule has 0 fully saturated rings. The van der Waals surface area contributed by atoms with E-state index in [9.17, 15) is 5.11 Å². The monoisotopic (exact) mass is 256 g/mol. The Labute approximate surface area is 114 Å². The maximum absolute atomic E-state index is 10.4. The highest BCUT2D eigenvalue weighted by molar-refractivity contribution is 5.34. The summed E-state index contributed by atoms with van der Waals surface area (Å²) in [7, 11) is 1.64. The molecule has 1 N–H and O–H groups in total. The van der Waals surface area contributed by atoms with Gasteiger partial charge in [0.25, 0.3) is 0 Å². The number of aliphatic hydroxyl groups excluding tert-OH is 1. The van der Waals surface area contributed by atoms with Gasteiger partial charge in [-0.2, -0.15) is 0 Å². The minimum absolute atomic E-state index is 0.504. The maximum atomic E-state index is 10.4. The molecule has 2 nitrogen and oxygen atoms in total. The van der Waals surface area contributed by atoms with E-state index in [1.54, 1.807) is 7.11 Å². The van der Waals surface area contributed by atoms with Crippen molar-refractivity contribution in [1.29, 1.82) is 0 Å². The molecule has 0 aliphatic heterocycles. The van der Waals surface area contributed by atoms with Crippen LogP contribution in [-0.2, 0) is 6.42 Å². The fourth-order valence-electron chi connectivity index (χ4n) is 2.20. The van der Waals surface area contributed by atoms with Crippen molar-refractivity contribution in [3.8, 4) is 5.75 Å². The molecule has 2 heteroatoms. The molecular formula is C17H20O2. The number of aryl methyl sites for hydroxylation is 2. The second-order valence-corrected chi connectivity index (χ2v) is 4.93. The van der Waals surface area contributed by atoms with Crippen molar-refractivity contribution in [3.05, 3.63) is 64.7 Å². The molecule has 2 aromatic rings. The van der Waals surface area contributed by atoms with Crippen LogP contribution in [0.3, 0.4) is 0 Å². The summed E-state index contributed by atoms with van der Waals surface area (Å²) in [5.41, 5.74) is 4.52. The van der Waals surface area contributed by atoms with Crippen molar-refractivity contribution in [3.63, 3.8) is 0 Å². The van der Waals surface area contributed by atoms with Gasteiger partial charge in [0.05, 0.1) is 13.2 Å². The highest BCUT2D eigenvalue weighted by Gasteiger charge is 2.11. The van der Waals surface area contributed by atoms with Gasteiger partial charge in [-0.25, -0.2) is 0 Å². The molecule has 2 aromatic carbocycles. The number of ether oxygens (including phenoxy) is 1. The molecule has 2 rings (SSSR count). The molecule has 1 unspecified atom stereocenters. The Hall–Kier alpha value is -1.80. The summed E-state index contributed by atoms with van der Waals surface area (Å²) >= 11 is 0. The number of methoxy groups -OCH3 is 1. The summed E-state index contributed by atoms with van der Waals surface area (Å²) in [5, 5.41) is 10.4. The largest absolute Gasteiger partial charge is 0.497 e. The predicted octanol–water partition coefficient (Wildman–Crippen LogP) is 3.59. The van der Waals surface area contributed by atoms with Crippen molar-refractivity contribution in [1.82, 2.24) is 0 Å². The third-order valence-corrected chi connectivity index (χ3v) is 3.40. The molecule has 1 atom stereocenters. The van der Waals surface area contributed by atoms with E-state index in [0.717, 1.165) is 11.3 Å². The first-order valence-electron chi connectivity index (χ1n) is 6.48. The maximum Gasteiger partial charge on any atom is 0.119 e. The van der Waals surface area contributed by atoms with Crippen LogP contribution in [0.5, 0.6) is 5.75 Å². The van der Waals surface area contributed by atoms with Gasteiger partial charge in [0, 0.05) is 6.42 Å². The topological polar surface area (TPSA) is 29.5 Å². The molecule has 100 valence electrons. The Bertz CT molecular complexity index is 561. The minimum atomic E-state index is -0.504. The quantitative estimate of drug-likeness (QED) is 0.906.